The molecule has 2 aliphatic carbocycles. The van der Waals surface area contributed by atoms with Gasteiger partial charge in [-0.05, 0) is 108 Å². The molecule has 2 aliphatic rings. The van der Waals surface area contributed by atoms with Gasteiger partial charge in [-0.2, -0.15) is 20.4 Å². The molecule has 0 spiro atoms. The molecule has 2 atom stereocenters. The van der Waals surface area contributed by atoms with E-state index in [4.69, 9.17) is 23.7 Å². The molecule has 6 heterocycles. The maximum Gasteiger partial charge on any atom is 0.333 e. The van der Waals surface area contributed by atoms with Crippen molar-refractivity contribution in [3.8, 4) is 21.5 Å². The van der Waals surface area contributed by atoms with Crippen molar-refractivity contribution < 1.29 is 47.2 Å². The van der Waals surface area contributed by atoms with E-state index >= 15 is 0 Å². The van der Waals surface area contributed by atoms with Crippen LogP contribution in [0.25, 0.3) is 30.4 Å². The predicted molar refractivity (Wildman–Crippen MR) is 348 cm³/mol. The Morgan fingerprint density at radius 3 is 1.38 bits per heavy atom. The van der Waals surface area contributed by atoms with Gasteiger partial charge in [-0.3, -0.25) is 28.3 Å². The lowest BCUT2D eigenvalue weighted by Crippen LogP contribution is -2.53. The fraction of sp³-hybridized carbons (Fsp3) is 0.463. The molecule has 0 bridgehead atoms. The number of fused-ring (bicyclic) bond motifs is 2. The summed E-state index contributed by atoms with van der Waals surface area (Å²) >= 11 is 2.36. The lowest BCUT2D eigenvalue weighted by Gasteiger charge is -2.38. The average Bonchev–Trinajstić information content (AvgIpc) is 1.67. The molecule has 2 saturated carbocycles. The first-order valence-electron chi connectivity index (χ1n) is 30.9. The van der Waals surface area contributed by atoms with Crippen molar-refractivity contribution >= 4 is 54.7 Å². The number of ether oxygens (including phenoxy) is 5. The molecule has 0 aliphatic heterocycles. The van der Waals surface area contributed by atoms with Crippen LogP contribution in [0, 0.1) is 37.3 Å². The largest absolute Gasteiger partial charge is 0.496 e. The number of rotatable bonds is 25. The van der Waals surface area contributed by atoms with E-state index in [0.29, 0.717) is 85.7 Å². The fourth-order valence-corrected chi connectivity index (χ4v) is 14.3. The summed E-state index contributed by atoms with van der Waals surface area (Å²) in [6.45, 7) is 17.8. The van der Waals surface area contributed by atoms with E-state index in [-0.39, 0.29) is 78.4 Å². The third-order valence-electron chi connectivity index (χ3n) is 17.2. The zero-order valence-corrected chi connectivity index (χ0v) is 55.8. The molecule has 6 aromatic heterocycles. The van der Waals surface area contributed by atoms with E-state index in [0.717, 1.165) is 14.7 Å². The van der Waals surface area contributed by atoms with Gasteiger partial charge in [0.15, 0.2) is 11.6 Å². The van der Waals surface area contributed by atoms with Gasteiger partial charge in [0, 0.05) is 47.9 Å². The quantitative estimate of drug-likeness (QED) is 0.0559. The number of aromatic nitrogens is 10. The summed E-state index contributed by atoms with van der Waals surface area (Å²) in [7, 11) is 2.95. The number of halogens is 2. The second-order valence-corrected chi connectivity index (χ2v) is 27.5. The molecule has 1 N–H and O–H groups in total. The van der Waals surface area contributed by atoms with Crippen LogP contribution in [0.1, 0.15) is 134 Å². The Morgan fingerprint density at radius 2 is 1.00 bits per heavy atom. The molecule has 494 valence electrons. The highest BCUT2D eigenvalue weighted by Gasteiger charge is 2.40. The molecular weight excluding hydrogens is 1240 g/mol. The van der Waals surface area contributed by atoms with Crippen molar-refractivity contribution in [3.05, 3.63) is 173 Å². The van der Waals surface area contributed by atoms with Gasteiger partial charge in [0.25, 0.3) is 11.1 Å². The molecule has 0 amide bonds. The van der Waals surface area contributed by atoms with Crippen molar-refractivity contribution in [2.75, 3.05) is 14.2 Å². The number of benzene rings is 3. The minimum Gasteiger partial charge on any atom is -0.496 e. The molecule has 2 fully saturated rings. The van der Waals surface area contributed by atoms with Crippen molar-refractivity contribution in [3.63, 3.8) is 0 Å². The number of methoxy groups -OCH3 is 2. The highest BCUT2D eigenvalue weighted by Crippen LogP contribution is 2.40. The van der Waals surface area contributed by atoms with Crippen LogP contribution in [0.2, 0.25) is 0 Å². The van der Waals surface area contributed by atoms with Crippen LogP contribution in [-0.2, 0) is 54.6 Å². The fourth-order valence-electron chi connectivity index (χ4n) is 11.8. The zero-order valence-electron chi connectivity index (χ0n) is 54.1. The number of thiophene rings is 2. The number of carbonyl (C=O) groups excluding carboxylic acids is 2. The van der Waals surface area contributed by atoms with Crippen LogP contribution in [0.4, 0.5) is 8.78 Å². The van der Waals surface area contributed by atoms with E-state index in [1.165, 1.54) is 117 Å². The topological polar surface area (TPSA) is 250 Å². The van der Waals surface area contributed by atoms with E-state index in [1.54, 1.807) is 41.5 Å². The Kier molecular flexibility index (Phi) is 20.3. The van der Waals surface area contributed by atoms with Crippen LogP contribution in [-0.4, -0.2) is 104 Å². The molecular formula is C67H78F2N10O12S2. The van der Waals surface area contributed by atoms with Crippen LogP contribution in [0.15, 0.2) is 111 Å². The first-order valence-corrected chi connectivity index (χ1v) is 32.6. The molecule has 26 heteroatoms. The number of hydrogen-bond acceptors (Lipinski definition) is 18. The van der Waals surface area contributed by atoms with Crippen LogP contribution in [0.3, 0.4) is 0 Å². The number of ketones is 2. The smallest absolute Gasteiger partial charge is 0.333 e. The Bertz CT molecular complexity index is 4430. The predicted octanol–water partition coefficient (Wildman–Crippen LogP) is 10.0. The number of aliphatic hydroxyl groups excluding tert-OH is 1. The SMILES string of the molecule is COc1ccc(F)cc1[C@H](Cn1c(=O)n(C(C)(C)C(=O)CC(C)C)c(=O)c2c(C)c(-n3nccn3)sc21)OC1CC(O)C1.COc1ccc(F)cc1[C@H](Cn1c(=O)n(C(C)(C)C(=O)CC(C)C)c(=O)c2c(C)c(-n3nccn3)sc21)OC1CC(OCc2ccccc2)C1. The van der Waals surface area contributed by atoms with Gasteiger partial charge < -0.3 is 28.8 Å². The van der Waals surface area contributed by atoms with Gasteiger partial charge in [-0.1, -0.05) is 80.7 Å². The van der Waals surface area contributed by atoms with Gasteiger partial charge in [0.1, 0.15) is 66.1 Å². The number of Topliss-reactive ketones (excluding diaryl/α,β-unsaturated/α-hetero) is 2. The third-order valence-corrected chi connectivity index (χ3v) is 19.7. The van der Waals surface area contributed by atoms with Crippen LogP contribution >= 0.6 is 22.7 Å². The molecule has 22 nitrogen and oxygen atoms in total. The van der Waals surface area contributed by atoms with Crippen molar-refractivity contribution in [1.29, 1.82) is 0 Å². The number of carbonyl (C=O) groups is 2. The van der Waals surface area contributed by atoms with Crippen molar-refractivity contribution in [2.24, 2.45) is 11.8 Å². The van der Waals surface area contributed by atoms with E-state index in [1.807, 2.05) is 58.0 Å². The minimum absolute atomic E-state index is 0.0184. The molecule has 9 aromatic rings. The summed E-state index contributed by atoms with van der Waals surface area (Å²) in [5, 5.41) is 28.5. The lowest BCUT2D eigenvalue weighted by atomic mass is 9.91. The summed E-state index contributed by atoms with van der Waals surface area (Å²) in [5.41, 5.74) is -2.47. The standard InChI is InChI=1S/C37H42FN5O6S.C30H36FN5O6S/c1-22(2)16-31(44)37(4,5)42-33(45)32-23(3)34(43-39-14-15-40-43)50-35(32)41(36(42)46)20-30(28-17-25(38)12-13-29(28)47-6)49-27-18-26(19-27)48-21-24-10-8-7-9-11-24;1-16(2)11-24(38)30(4,5)35-26(39)25-17(3)27(36-32-9-10-33-36)43-28(25)34(29(35)40)15-23(42-20-13-19(37)14-20)21-12-18(31)7-8-22(21)41-6/h7-15,17,22,26-27,30H,16,18-21H2,1-6H3;7-10,12,16,19-20,23,37H,11,13-15H2,1-6H3/t26?,27?,30-;19?,20?,23-/m00/s1. The third kappa shape index (κ3) is 13.9. The van der Waals surface area contributed by atoms with Gasteiger partial charge in [-0.25, -0.2) is 27.5 Å². The van der Waals surface area contributed by atoms with Gasteiger partial charge in [0.2, 0.25) is 0 Å². The molecule has 0 radical (unpaired) electrons. The monoisotopic (exact) mass is 1320 g/mol. The maximum atomic E-state index is 14.9. The summed E-state index contributed by atoms with van der Waals surface area (Å²) in [6, 6.07) is 18.1. The second-order valence-electron chi connectivity index (χ2n) is 25.6. The summed E-state index contributed by atoms with van der Waals surface area (Å²) in [4.78, 5) is 88.1. The molecule has 93 heavy (non-hydrogen) atoms. The van der Waals surface area contributed by atoms with Crippen molar-refractivity contribution in [2.45, 2.75) is 175 Å². The van der Waals surface area contributed by atoms with Crippen molar-refractivity contribution in [1.82, 2.24) is 48.3 Å². The summed E-state index contributed by atoms with van der Waals surface area (Å²) in [5.74, 6) is -0.710. The first kappa shape index (κ1) is 67.7. The zero-order chi connectivity index (χ0) is 67.0. The highest BCUT2D eigenvalue weighted by atomic mass is 32.1. The summed E-state index contributed by atoms with van der Waals surface area (Å²) in [6.07, 6.45) is 5.56. The Labute approximate surface area is 542 Å². The van der Waals surface area contributed by atoms with E-state index < -0.39 is 63.5 Å². The normalized spacial score (nSPS) is 17.3. The number of hydrogen-bond donors (Lipinski definition) is 1. The Morgan fingerprint density at radius 1 is 0.602 bits per heavy atom. The average molecular weight is 1320 g/mol. The minimum atomic E-state index is -1.46. The molecule has 0 unspecified atom stereocenters. The first-order chi connectivity index (χ1) is 44.2. The maximum absolute atomic E-state index is 14.9. The number of aliphatic hydroxyl groups is 1. The van der Waals surface area contributed by atoms with Crippen LogP contribution < -0.4 is 32.0 Å². The highest BCUT2D eigenvalue weighted by molar-refractivity contribution is 7.21. The van der Waals surface area contributed by atoms with Gasteiger partial charge in [-0.15, -0.1) is 9.59 Å². The molecule has 11 rings (SSSR count). The lowest BCUT2D eigenvalue weighted by molar-refractivity contribution is -0.134. The second kappa shape index (κ2) is 27.8. The van der Waals surface area contributed by atoms with Gasteiger partial charge >= 0.3 is 11.4 Å². The Balaban J connectivity index is 0.000000206. The number of nitrogens with zero attached hydrogens (tertiary/aromatic N) is 10. The molecule has 0 saturated heterocycles. The van der Waals surface area contributed by atoms with E-state index in [9.17, 15) is 42.7 Å². The van der Waals surface area contributed by atoms with Gasteiger partial charge in [0.05, 0.1) is 93.9 Å². The Hall–Kier alpha value is -8.14. The summed E-state index contributed by atoms with van der Waals surface area (Å²) < 4.78 is 64.7. The van der Waals surface area contributed by atoms with E-state index in [2.05, 4.69) is 20.4 Å². The van der Waals surface area contributed by atoms with Crippen LogP contribution in [0.5, 0.6) is 11.5 Å². The number of aryl methyl sites for hydroxylation is 2. The molecule has 3 aromatic carbocycles.